The third-order valence-corrected chi connectivity index (χ3v) is 3.86. The quantitative estimate of drug-likeness (QED) is 0.386. The average molecular weight is 216 g/mol. The van der Waals surface area contributed by atoms with Crippen LogP contribution in [0.25, 0.3) is 0 Å². The molecule has 0 aromatic carbocycles. The number of hydrogen-bond donors (Lipinski definition) is 1. The van der Waals surface area contributed by atoms with Crippen LogP contribution in [0.4, 0.5) is 0 Å². The van der Waals surface area contributed by atoms with Crippen LogP contribution >= 0.6 is 0 Å². The van der Waals surface area contributed by atoms with Crippen molar-refractivity contribution < 1.29 is 47.6 Å². The molecule has 0 saturated heterocycles. The van der Waals surface area contributed by atoms with E-state index in [2.05, 4.69) is 0 Å². The molecular weight excluding hydrogens is 203 g/mol. The zero-order valence-electron chi connectivity index (χ0n) is 7.99. The largest absolute Gasteiger partial charge is 1.00 e. The molecule has 0 unspecified atom stereocenters. The van der Waals surface area contributed by atoms with E-state index in [0.717, 1.165) is 0 Å². The van der Waals surface area contributed by atoms with Crippen LogP contribution in [0.2, 0.25) is 0 Å². The summed E-state index contributed by atoms with van der Waals surface area (Å²) in [6.45, 7) is 1.98. The number of aliphatic hydroxyl groups is 1. The molecular formula is C7H13NaO4S. The van der Waals surface area contributed by atoms with Gasteiger partial charge in [-0.05, 0) is 31.6 Å². The third kappa shape index (κ3) is 3.18. The minimum absolute atomic E-state index is 0. The Labute approximate surface area is 101 Å². The molecule has 1 aliphatic carbocycles. The van der Waals surface area contributed by atoms with Crippen molar-refractivity contribution in [2.45, 2.75) is 37.5 Å². The standard InChI is InChI=1S/C7H14O4S.Na/c1-6-2-4-7(8,5-3-6)12(9,10)11;/h6,8H,2-5H2,1H3,(H,9,10,11);/q;+1/p-1. The van der Waals surface area contributed by atoms with Crippen LogP contribution in [-0.2, 0) is 10.1 Å². The number of rotatable bonds is 1. The zero-order valence-corrected chi connectivity index (χ0v) is 10.8. The van der Waals surface area contributed by atoms with Gasteiger partial charge in [0, 0.05) is 0 Å². The van der Waals surface area contributed by atoms with Crippen molar-refractivity contribution in [2.24, 2.45) is 5.92 Å². The summed E-state index contributed by atoms with van der Waals surface area (Å²) in [7, 11) is -4.54. The second-order valence-electron chi connectivity index (χ2n) is 3.58. The number of hydrogen-bond acceptors (Lipinski definition) is 4. The molecule has 0 spiro atoms. The van der Waals surface area contributed by atoms with Gasteiger partial charge in [0.1, 0.15) is 10.1 Å². The van der Waals surface area contributed by atoms with E-state index in [0.29, 0.717) is 18.8 Å². The Kier molecular flexibility index (Phi) is 4.90. The Morgan fingerprint density at radius 2 is 1.77 bits per heavy atom. The summed E-state index contributed by atoms with van der Waals surface area (Å²) in [6, 6.07) is 0. The van der Waals surface area contributed by atoms with Gasteiger partial charge in [-0.25, -0.2) is 8.42 Å². The van der Waals surface area contributed by atoms with Crippen LogP contribution in [0.15, 0.2) is 0 Å². The van der Waals surface area contributed by atoms with Crippen LogP contribution in [0, 0.1) is 5.92 Å². The first kappa shape index (κ1) is 13.9. The fraction of sp³-hybridized carbons (Fsp3) is 1.00. The van der Waals surface area contributed by atoms with Crippen molar-refractivity contribution in [1.29, 1.82) is 0 Å². The molecule has 0 aromatic heterocycles. The van der Waals surface area contributed by atoms with Crippen molar-refractivity contribution in [2.75, 3.05) is 0 Å². The van der Waals surface area contributed by atoms with Gasteiger partial charge in [0.25, 0.3) is 0 Å². The fourth-order valence-electron chi connectivity index (χ4n) is 1.46. The fourth-order valence-corrected chi connectivity index (χ4v) is 2.20. The molecule has 0 bridgehead atoms. The molecule has 1 fully saturated rings. The van der Waals surface area contributed by atoms with Crippen LogP contribution < -0.4 is 29.6 Å². The summed E-state index contributed by atoms with van der Waals surface area (Å²) in [5, 5.41) is 9.43. The zero-order chi connectivity index (χ0) is 9.41. The maximum Gasteiger partial charge on any atom is 1.00 e. The monoisotopic (exact) mass is 216 g/mol. The van der Waals surface area contributed by atoms with Gasteiger partial charge in [-0.15, -0.1) is 0 Å². The molecule has 13 heavy (non-hydrogen) atoms. The second kappa shape index (κ2) is 4.59. The van der Waals surface area contributed by atoms with Gasteiger partial charge < -0.3 is 9.66 Å². The Morgan fingerprint density at radius 1 is 1.38 bits per heavy atom. The molecule has 1 aliphatic rings. The molecule has 4 nitrogen and oxygen atoms in total. The molecule has 0 aliphatic heterocycles. The van der Waals surface area contributed by atoms with E-state index in [9.17, 15) is 18.1 Å². The van der Waals surface area contributed by atoms with Gasteiger partial charge in [-0.2, -0.15) is 0 Å². The normalized spacial score (nSPS) is 35.2. The molecule has 0 aromatic rings. The Balaban J connectivity index is 0.00000144. The van der Waals surface area contributed by atoms with E-state index in [-0.39, 0.29) is 42.4 Å². The summed E-state index contributed by atoms with van der Waals surface area (Å²) < 4.78 is 31.8. The maximum absolute atomic E-state index is 10.6. The predicted octanol–water partition coefficient (Wildman–Crippen LogP) is -2.57. The van der Waals surface area contributed by atoms with Crippen molar-refractivity contribution in [3.8, 4) is 0 Å². The molecule has 0 radical (unpaired) electrons. The molecule has 1 N–H and O–H groups in total. The van der Waals surface area contributed by atoms with E-state index >= 15 is 0 Å². The van der Waals surface area contributed by atoms with Crippen LogP contribution in [-0.4, -0.2) is 23.0 Å². The van der Waals surface area contributed by atoms with Crippen LogP contribution in [0.5, 0.6) is 0 Å². The SMILES string of the molecule is CC1CCC(O)(S(=O)(=O)[O-])CC1.[Na+]. The smallest absolute Gasteiger partial charge is 0.746 e. The van der Waals surface area contributed by atoms with Crippen molar-refractivity contribution in [1.82, 2.24) is 0 Å². The molecule has 1 saturated carbocycles. The minimum atomic E-state index is -4.54. The van der Waals surface area contributed by atoms with Crippen molar-refractivity contribution in [3.05, 3.63) is 0 Å². The summed E-state index contributed by atoms with van der Waals surface area (Å²) in [5.41, 5.74) is 0. The molecule has 72 valence electrons. The first-order valence-electron chi connectivity index (χ1n) is 4.03. The predicted molar refractivity (Wildman–Crippen MR) is 42.3 cm³/mol. The van der Waals surface area contributed by atoms with Gasteiger partial charge in [-0.3, -0.25) is 0 Å². The van der Waals surface area contributed by atoms with E-state index in [1.165, 1.54) is 0 Å². The van der Waals surface area contributed by atoms with E-state index in [4.69, 9.17) is 0 Å². The van der Waals surface area contributed by atoms with Gasteiger partial charge in [-0.1, -0.05) is 6.92 Å². The third-order valence-electron chi connectivity index (χ3n) is 2.52. The van der Waals surface area contributed by atoms with Crippen molar-refractivity contribution in [3.63, 3.8) is 0 Å². The van der Waals surface area contributed by atoms with Gasteiger partial charge >= 0.3 is 29.6 Å². The molecule has 0 amide bonds. The Hall–Kier alpha value is 0.870. The Morgan fingerprint density at radius 3 is 2.08 bits per heavy atom. The summed E-state index contributed by atoms with van der Waals surface area (Å²) in [4.78, 5) is -1.99. The topological polar surface area (TPSA) is 77.4 Å². The summed E-state index contributed by atoms with van der Waals surface area (Å²) in [6.07, 6.45) is 1.38. The van der Waals surface area contributed by atoms with Gasteiger partial charge in [0.05, 0.1) is 0 Å². The van der Waals surface area contributed by atoms with E-state index in [1.807, 2.05) is 6.92 Å². The molecule has 0 heterocycles. The van der Waals surface area contributed by atoms with Gasteiger partial charge in [0.15, 0.2) is 4.93 Å². The van der Waals surface area contributed by atoms with Crippen LogP contribution in [0.3, 0.4) is 0 Å². The summed E-state index contributed by atoms with van der Waals surface area (Å²) in [5.74, 6) is 0.409. The first-order valence-corrected chi connectivity index (χ1v) is 5.44. The first-order chi connectivity index (χ1) is 5.35. The average Bonchev–Trinajstić information content (AvgIpc) is 1.93. The molecule has 0 atom stereocenters. The maximum atomic E-state index is 10.6. The summed E-state index contributed by atoms with van der Waals surface area (Å²) >= 11 is 0. The molecule has 6 heteroatoms. The van der Waals surface area contributed by atoms with Crippen molar-refractivity contribution >= 4 is 10.1 Å². The van der Waals surface area contributed by atoms with E-state index < -0.39 is 15.1 Å². The van der Waals surface area contributed by atoms with E-state index in [1.54, 1.807) is 0 Å². The second-order valence-corrected chi connectivity index (χ2v) is 5.25. The van der Waals surface area contributed by atoms with Gasteiger partial charge in [0.2, 0.25) is 0 Å². The Bertz CT molecular complexity index is 254. The molecule has 1 rings (SSSR count). The minimum Gasteiger partial charge on any atom is -0.746 e. The van der Waals surface area contributed by atoms with Crippen LogP contribution in [0.1, 0.15) is 32.6 Å².